The van der Waals surface area contributed by atoms with Gasteiger partial charge in [-0.3, -0.25) is 0 Å². The second-order valence-electron chi connectivity index (χ2n) is 5.91. The summed E-state index contributed by atoms with van der Waals surface area (Å²) >= 11 is 8.14. The van der Waals surface area contributed by atoms with Crippen molar-refractivity contribution in [3.63, 3.8) is 0 Å². The van der Waals surface area contributed by atoms with Crippen molar-refractivity contribution in [2.24, 2.45) is 5.92 Å². The van der Waals surface area contributed by atoms with Crippen LogP contribution in [-0.4, -0.2) is 11.8 Å². The van der Waals surface area contributed by atoms with E-state index in [1.807, 2.05) is 17.8 Å². The Morgan fingerprint density at radius 2 is 2.05 bits per heavy atom. The number of hydrogen-bond acceptors (Lipinski definition) is 2. The van der Waals surface area contributed by atoms with Crippen molar-refractivity contribution in [2.75, 3.05) is 5.75 Å². The lowest BCUT2D eigenvalue weighted by Crippen LogP contribution is -2.40. The molecule has 1 aromatic rings. The van der Waals surface area contributed by atoms with Crippen LogP contribution in [0, 0.1) is 5.92 Å². The lowest BCUT2D eigenvalue weighted by Gasteiger charge is -2.35. The van der Waals surface area contributed by atoms with Gasteiger partial charge in [0.25, 0.3) is 0 Å². The second-order valence-corrected chi connectivity index (χ2v) is 7.48. The summed E-state index contributed by atoms with van der Waals surface area (Å²) in [7, 11) is 0. The normalized spacial score (nSPS) is 30.9. The Hall–Kier alpha value is -0.180. The smallest absolute Gasteiger partial charge is 0.0410 e. The Kier molecular flexibility index (Phi) is 4.40. The largest absolute Gasteiger partial charge is 0.307 e. The zero-order valence-corrected chi connectivity index (χ0v) is 13.1. The number of halogens is 1. The summed E-state index contributed by atoms with van der Waals surface area (Å²) in [4.78, 5) is 1.41. The van der Waals surface area contributed by atoms with Crippen LogP contribution in [0.2, 0.25) is 5.02 Å². The molecular formula is C16H22ClNS. The van der Waals surface area contributed by atoms with Crippen molar-refractivity contribution in [3.8, 4) is 0 Å². The molecule has 1 fully saturated rings. The third kappa shape index (κ3) is 3.12. The molecule has 1 N–H and O–H groups in total. The van der Waals surface area contributed by atoms with Crippen molar-refractivity contribution in [2.45, 2.75) is 56.0 Å². The standard InChI is InChI=1S/C16H22ClNS/c1-11-4-2-3-5-14(11)18-15-8-9-19-16-7-6-12(17)10-13(15)16/h6-7,10-11,14-15,18H,2-5,8-9H2,1H3. The zero-order valence-electron chi connectivity index (χ0n) is 11.5. The van der Waals surface area contributed by atoms with Crippen LogP contribution in [0.4, 0.5) is 0 Å². The van der Waals surface area contributed by atoms with Gasteiger partial charge in [-0.15, -0.1) is 11.8 Å². The molecule has 0 spiro atoms. The fraction of sp³-hybridized carbons (Fsp3) is 0.625. The second kappa shape index (κ2) is 6.07. The van der Waals surface area contributed by atoms with Gasteiger partial charge in [-0.25, -0.2) is 0 Å². The number of fused-ring (bicyclic) bond motifs is 1. The first-order valence-electron chi connectivity index (χ1n) is 7.42. The molecule has 0 amide bonds. The molecule has 3 unspecified atom stereocenters. The molecule has 19 heavy (non-hydrogen) atoms. The minimum Gasteiger partial charge on any atom is -0.307 e. The lowest BCUT2D eigenvalue weighted by atomic mass is 9.85. The Labute approximate surface area is 125 Å². The topological polar surface area (TPSA) is 12.0 Å². The average Bonchev–Trinajstić information content (AvgIpc) is 2.42. The number of benzene rings is 1. The first-order chi connectivity index (χ1) is 9.24. The van der Waals surface area contributed by atoms with E-state index in [4.69, 9.17) is 11.6 Å². The van der Waals surface area contributed by atoms with Crippen molar-refractivity contribution in [3.05, 3.63) is 28.8 Å². The highest BCUT2D eigenvalue weighted by atomic mass is 35.5. The first kappa shape index (κ1) is 13.8. The molecule has 1 nitrogen and oxygen atoms in total. The summed E-state index contributed by atoms with van der Waals surface area (Å²) in [5.41, 5.74) is 1.42. The van der Waals surface area contributed by atoms with Crippen molar-refractivity contribution >= 4 is 23.4 Å². The molecule has 0 saturated heterocycles. The minimum atomic E-state index is 0.500. The molecule has 1 aliphatic heterocycles. The van der Waals surface area contributed by atoms with Gasteiger partial charge in [0.15, 0.2) is 0 Å². The van der Waals surface area contributed by atoms with E-state index < -0.39 is 0 Å². The van der Waals surface area contributed by atoms with Crippen molar-refractivity contribution in [1.82, 2.24) is 5.32 Å². The van der Waals surface area contributed by atoms with E-state index >= 15 is 0 Å². The van der Waals surface area contributed by atoms with Crippen LogP contribution < -0.4 is 5.32 Å². The van der Waals surface area contributed by atoms with E-state index in [2.05, 4.69) is 24.4 Å². The molecule has 1 saturated carbocycles. The van der Waals surface area contributed by atoms with Gasteiger partial charge in [-0.05, 0) is 54.7 Å². The number of hydrogen-bond donors (Lipinski definition) is 1. The highest BCUT2D eigenvalue weighted by molar-refractivity contribution is 7.99. The molecular weight excluding hydrogens is 274 g/mol. The van der Waals surface area contributed by atoms with Gasteiger partial charge in [-0.2, -0.15) is 0 Å². The summed E-state index contributed by atoms with van der Waals surface area (Å²) in [6.45, 7) is 2.40. The van der Waals surface area contributed by atoms with Gasteiger partial charge >= 0.3 is 0 Å². The first-order valence-corrected chi connectivity index (χ1v) is 8.78. The summed E-state index contributed by atoms with van der Waals surface area (Å²) < 4.78 is 0. The predicted molar refractivity (Wildman–Crippen MR) is 84.1 cm³/mol. The van der Waals surface area contributed by atoms with E-state index in [-0.39, 0.29) is 0 Å². The van der Waals surface area contributed by atoms with Crippen molar-refractivity contribution in [1.29, 1.82) is 0 Å². The molecule has 1 aliphatic carbocycles. The third-order valence-electron chi connectivity index (χ3n) is 4.54. The molecule has 3 rings (SSSR count). The van der Waals surface area contributed by atoms with Gasteiger partial charge in [0, 0.05) is 22.0 Å². The van der Waals surface area contributed by atoms with Gasteiger partial charge in [0.2, 0.25) is 0 Å². The van der Waals surface area contributed by atoms with Gasteiger partial charge in [0.1, 0.15) is 0 Å². The quantitative estimate of drug-likeness (QED) is 0.820. The summed E-state index contributed by atoms with van der Waals surface area (Å²) in [6.07, 6.45) is 6.72. The number of rotatable bonds is 2. The maximum atomic E-state index is 6.18. The van der Waals surface area contributed by atoms with E-state index in [9.17, 15) is 0 Å². The van der Waals surface area contributed by atoms with Crippen molar-refractivity contribution < 1.29 is 0 Å². The molecule has 3 atom stereocenters. The Morgan fingerprint density at radius 3 is 2.89 bits per heavy atom. The Balaban J connectivity index is 1.77. The molecule has 104 valence electrons. The number of thioether (sulfide) groups is 1. The van der Waals surface area contributed by atoms with Crippen LogP contribution in [0.1, 0.15) is 50.6 Å². The average molecular weight is 296 g/mol. The molecule has 1 heterocycles. The van der Waals surface area contributed by atoms with Crippen LogP contribution >= 0.6 is 23.4 Å². The maximum Gasteiger partial charge on any atom is 0.0410 e. The molecule has 2 aliphatic rings. The molecule has 0 bridgehead atoms. The summed E-state index contributed by atoms with van der Waals surface area (Å²) in [5, 5.41) is 4.78. The van der Waals surface area contributed by atoms with E-state index in [0.29, 0.717) is 12.1 Å². The molecule has 1 aromatic carbocycles. The Bertz CT molecular complexity index is 448. The van der Waals surface area contributed by atoms with Crippen LogP contribution in [-0.2, 0) is 0 Å². The van der Waals surface area contributed by atoms with Crippen LogP contribution in [0.15, 0.2) is 23.1 Å². The highest BCUT2D eigenvalue weighted by Gasteiger charge is 2.27. The minimum absolute atomic E-state index is 0.500. The molecule has 0 radical (unpaired) electrons. The SMILES string of the molecule is CC1CCCCC1NC1CCSc2ccc(Cl)cc21. The molecule has 3 heteroatoms. The van der Waals surface area contributed by atoms with Crippen LogP contribution in [0.5, 0.6) is 0 Å². The monoisotopic (exact) mass is 295 g/mol. The van der Waals surface area contributed by atoms with E-state index in [0.717, 1.165) is 10.9 Å². The third-order valence-corrected chi connectivity index (χ3v) is 5.90. The maximum absolute atomic E-state index is 6.18. The summed E-state index contributed by atoms with van der Waals surface area (Å²) in [6, 6.07) is 7.54. The van der Waals surface area contributed by atoms with Gasteiger partial charge in [-0.1, -0.05) is 31.4 Å². The van der Waals surface area contributed by atoms with E-state index in [1.165, 1.54) is 48.3 Å². The number of nitrogens with one attached hydrogen (secondary N) is 1. The van der Waals surface area contributed by atoms with Gasteiger partial charge in [0.05, 0.1) is 0 Å². The predicted octanol–water partition coefficient (Wildman–Crippen LogP) is 5.05. The van der Waals surface area contributed by atoms with Gasteiger partial charge < -0.3 is 5.32 Å². The Morgan fingerprint density at radius 1 is 1.21 bits per heavy atom. The highest BCUT2D eigenvalue weighted by Crippen LogP contribution is 2.38. The van der Waals surface area contributed by atoms with Crippen LogP contribution in [0.25, 0.3) is 0 Å². The van der Waals surface area contributed by atoms with E-state index in [1.54, 1.807) is 0 Å². The summed E-state index contributed by atoms with van der Waals surface area (Å²) in [5.74, 6) is 2.03. The molecule has 0 aromatic heterocycles. The fourth-order valence-corrected chi connectivity index (χ4v) is 4.65. The van der Waals surface area contributed by atoms with Crippen LogP contribution in [0.3, 0.4) is 0 Å². The lowest BCUT2D eigenvalue weighted by molar-refractivity contribution is 0.255. The fourth-order valence-electron chi connectivity index (χ4n) is 3.36. The zero-order chi connectivity index (χ0) is 13.2.